The fraction of sp³-hybridized carbons (Fsp3) is 0.476. The van der Waals surface area contributed by atoms with Gasteiger partial charge in [0.1, 0.15) is 6.61 Å². The highest BCUT2D eigenvalue weighted by atomic mass is 16.5. The number of hydrogen-bond acceptors (Lipinski definition) is 5. The van der Waals surface area contributed by atoms with Crippen LogP contribution in [0.4, 0.5) is 0 Å². The van der Waals surface area contributed by atoms with Crippen LogP contribution in [0.5, 0.6) is 11.5 Å². The van der Waals surface area contributed by atoms with Gasteiger partial charge in [0.2, 0.25) is 0 Å². The van der Waals surface area contributed by atoms with Crippen LogP contribution in [0.2, 0.25) is 0 Å². The normalized spacial score (nSPS) is 15.0. The van der Waals surface area contributed by atoms with Crippen LogP contribution in [-0.4, -0.2) is 43.2 Å². The van der Waals surface area contributed by atoms with Crippen LogP contribution in [0.3, 0.4) is 0 Å². The van der Waals surface area contributed by atoms with Crippen molar-refractivity contribution in [3.63, 3.8) is 0 Å². The van der Waals surface area contributed by atoms with Crippen LogP contribution in [0.1, 0.15) is 30.4 Å². The van der Waals surface area contributed by atoms with Gasteiger partial charge >= 0.3 is 0 Å². The van der Waals surface area contributed by atoms with Gasteiger partial charge in [0, 0.05) is 37.6 Å². The molecule has 1 fully saturated rings. The summed E-state index contributed by atoms with van der Waals surface area (Å²) in [5.41, 5.74) is 2.24. The average molecular weight is 355 g/mol. The van der Waals surface area contributed by atoms with Crippen LogP contribution in [0.25, 0.3) is 0 Å². The van der Waals surface area contributed by atoms with Crippen molar-refractivity contribution in [2.24, 2.45) is 0 Å². The highest BCUT2D eigenvalue weighted by Gasteiger charge is 2.09. The van der Waals surface area contributed by atoms with Crippen LogP contribution >= 0.6 is 0 Å². The number of aromatic nitrogens is 1. The monoisotopic (exact) mass is 355 g/mol. The predicted octanol–water partition coefficient (Wildman–Crippen LogP) is 3.24. The maximum atomic E-state index is 5.96. The topological polar surface area (TPSA) is 46.6 Å². The molecule has 5 heteroatoms. The first kappa shape index (κ1) is 18.7. The van der Waals surface area contributed by atoms with Crippen molar-refractivity contribution in [2.45, 2.75) is 32.4 Å². The Morgan fingerprint density at radius 1 is 1.08 bits per heavy atom. The molecule has 2 aromatic rings. The SMILES string of the molecule is COc1ccc(CNCCN2CCCCC2)cc1OCc1cccnc1. The van der Waals surface area contributed by atoms with E-state index in [9.17, 15) is 0 Å². The molecule has 0 amide bonds. The first-order valence-corrected chi connectivity index (χ1v) is 9.47. The van der Waals surface area contributed by atoms with Gasteiger partial charge in [-0.25, -0.2) is 0 Å². The molecule has 0 radical (unpaired) electrons. The second-order valence-corrected chi connectivity index (χ2v) is 6.71. The van der Waals surface area contributed by atoms with Crippen molar-refractivity contribution in [3.05, 3.63) is 53.9 Å². The number of ether oxygens (including phenoxy) is 2. The van der Waals surface area contributed by atoms with E-state index in [-0.39, 0.29) is 0 Å². The number of benzene rings is 1. The molecule has 0 spiro atoms. The predicted molar refractivity (Wildman–Crippen MR) is 104 cm³/mol. The Hall–Kier alpha value is -2.11. The zero-order valence-electron chi connectivity index (χ0n) is 15.6. The summed E-state index contributed by atoms with van der Waals surface area (Å²) in [6.07, 6.45) is 7.66. The first-order valence-electron chi connectivity index (χ1n) is 9.47. The van der Waals surface area contributed by atoms with Crippen molar-refractivity contribution in [2.75, 3.05) is 33.3 Å². The smallest absolute Gasteiger partial charge is 0.161 e. The van der Waals surface area contributed by atoms with Crippen LogP contribution in [0.15, 0.2) is 42.7 Å². The van der Waals surface area contributed by atoms with Gasteiger partial charge in [0.15, 0.2) is 11.5 Å². The van der Waals surface area contributed by atoms with Crippen LogP contribution in [0, 0.1) is 0 Å². The Morgan fingerprint density at radius 3 is 2.73 bits per heavy atom. The fourth-order valence-electron chi connectivity index (χ4n) is 3.24. The van der Waals surface area contributed by atoms with Crippen molar-refractivity contribution >= 4 is 0 Å². The van der Waals surface area contributed by atoms with Gasteiger partial charge in [-0.3, -0.25) is 4.98 Å². The molecule has 1 aliphatic heterocycles. The molecule has 0 atom stereocenters. The molecule has 26 heavy (non-hydrogen) atoms. The molecule has 0 bridgehead atoms. The van der Waals surface area contributed by atoms with E-state index >= 15 is 0 Å². The van der Waals surface area contributed by atoms with Gasteiger partial charge in [0.25, 0.3) is 0 Å². The third-order valence-electron chi connectivity index (χ3n) is 4.73. The summed E-state index contributed by atoms with van der Waals surface area (Å²) in [6, 6.07) is 10.0. The third kappa shape index (κ3) is 5.71. The van der Waals surface area contributed by atoms with E-state index in [1.54, 1.807) is 13.3 Å². The highest BCUT2D eigenvalue weighted by Crippen LogP contribution is 2.28. The Morgan fingerprint density at radius 2 is 1.96 bits per heavy atom. The molecule has 5 nitrogen and oxygen atoms in total. The zero-order chi connectivity index (χ0) is 18.0. The summed E-state index contributed by atoms with van der Waals surface area (Å²) in [6.45, 7) is 5.95. The minimum Gasteiger partial charge on any atom is -0.493 e. The maximum absolute atomic E-state index is 5.96. The van der Waals surface area contributed by atoms with Gasteiger partial charge < -0.3 is 19.7 Å². The standard InChI is InChI=1S/C21H29N3O2/c1-25-20-8-7-18(15-23-10-13-24-11-3-2-4-12-24)14-21(20)26-17-19-6-5-9-22-16-19/h5-9,14,16,23H,2-4,10-13,15,17H2,1H3. The van der Waals surface area contributed by atoms with Crippen molar-refractivity contribution in [1.29, 1.82) is 0 Å². The number of hydrogen-bond donors (Lipinski definition) is 1. The molecule has 1 aromatic carbocycles. The summed E-state index contributed by atoms with van der Waals surface area (Å²) in [5.74, 6) is 1.53. The second-order valence-electron chi connectivity index (χ2n) is 6.71. The molecule has 1 aromatic heterocycles. The Kier molecular flexibility index (Phi) is 7.28. The molecule has 1 aliphatic rings. The lowest BCUT2D eigenvalue weighted by Gasteiger charge is -2.26. The summed E-state index contributed by atoms with van der Waals surface area (Å²) in [7, 11) is 1.67. The lowest BCUT2D eigenvalue weighted by molar-refractivity contribution is 0.229. The number of rotatable bonds is 9. The number of likely N-dealkylation sites (tertiary alicyclic amines) is 1. The van der Waals surface area contributed by atoms with Crippen LogP contribution < -0.4 is 14.8 Å². The summed E-state index contributed by atoms with van der Waals surface area (Å²) >= 11 is 0. The Bertz CT molecular complexity index is 658. The Balaban J connectivity index is 1.49. The lowest BCUT2D eigenvalue weighted by atomic mass is 10.1. The van der Waals surface area contributed by atoms with E-state index in [1.807, 2.05) is 24.4 Å². The molecule has 140 valence electrons. The van der Waals surface area contributed by atoms with Crippen LogP contribution in [-0.2, 0) is 13.2 Å². The molecular weight excluding hydrogens is 326 g/mol. The molecule has 1 saturated heterocycles. The van der Waals surface area contributed by atoms with E-state index < -0.39 is 0 Å². The molecule has 2 heterocycles. The molecule has 0 saturated carbocycles. The third-order valence-corrected chi connectivity index (χ3v) is 4.73. The number of pyridine rings is 1. The lowest BCUT2D eigenvalue weighted by Crippen LogP contribution is -2.35. The molecule has 0 unspecified atom stereocenters. The van der Waals surface area contributed by atoms with Crippen molar-refractivity contribution < 1.29 is 9.47 Å². The second kappa shape index (κ2) is 10.1. The number of methoxy groups -OCH3 is 1. The minimum atomic E-state index is 0.482. The number of nitrogens with zero attached hydrogens (tertiary/aromatic N) is 2. The van der Waals surface area contributed by atoms with E-state index in [0.717, 1.165) is 36.7 Å². The van der Waals surface area contributed by atoms with Gasteiger partial charge in [0.05, 0.1) is 7.11 Å². The fourth-order valence-corrected chi connectivity index (χ4v) is 3.24. The van der Waals surface area contributed by atoms with Gasteiger partial charge in [-0.05, 0) is 49.7 Å². The first-order chi connectivity index (χ1) is 12.8. The highest BCUT2D eigenvalue weighted by molar-refractivity contribution is 5.43. The van der Waals surface area contributed by atoms with E-state index in [1.165, 1.54) is 37.9 Å². The molecule has 3 rings (SSSR count). The van der Waals surface area contributed by atoms with Crippen molar-refractivity contribution in [1.82, 2.24) is 15.2 Å². The quantitative estimate of drug-likeness (QED) is 0.700. The summed E-state index contributed by atoms with van der Waals surface area (Å²) < 4.78 is 11.4. The van der Waals surface area contributed by atoms with Gasteiger partial charge in [-0.15, -0.1) is 0 Å². The molecule has 0 aliphatic carbocycles. The number of piperidine rings is 1. The minimum absolute atomic E-state index is 0.482. The van der Waals surface area contributed by atoms with E-state index in [0.29, 0.717) is 6.61 Å². The number of nitrogens with one attached hydrogen (secondary N) is 1. The largest absolute Gasteiger partial charge is 0.493 e. The van der Waals surface area contributed by atoms with Crippen molar-refractivity contribution in [3.8, 4) is 11.5 Å². The summed E-state index contributed by atoms with van der Waals surface area (Å²) in [4.78, 5) is 6.67. The zero-order valence-corrected chi connectivity index (χ0v) is 15.6. The molecular formula is C21H29N3O2. The molecule has 1 N–H and O–H groups in total. The average Bonchev–Trinajstić information content (AvgIpc) is 2.71. The van der Waals surface area contributed by atoms with Gasteiger partial charge in [-0.1, -0.05) is 18.6 Å². The van der Waals surface area contributed by atoms with E-state index in [2.05, 4.69) is 27.3 Å². The maximum Gasteiger partial charge on any atom is 0.161 e. The van der Waals surface area contributed by atoms with E-state index in [4.69, 9.17) is 9.47 Å². The van der Waals surface area contributed by atoms with Gasteiger partial charge in [-0.2, -0.15) is 0 Å². The summed E-state index contributed by atoms with van der Waals surface area (Å²) in [5, 5.41) is 3.54. The Labute approximate surface area is 156 Å².